The topological polar surface area (TPSA) is 77.0 Å². The van der Waals surface area contributed by atoms with Crippen LogP contribution in [0.4, 0.5) is 0 Å². The van der Waals surface area contributed by atoms with E-state index in [2.05, 4.69) is 5.32 Å². The second-order valence-corrected chi connectivity index (χ2v) is 5.39. The van der Waals surface area contributed by atoms with Crippen LogP contribution in [0.3, 0.4) is 0 Å². The maximum absolute atomic E-state index is 12.1. The predicted octanol–water partition coefficient (Wildman–Crippen LogP) is 0.437. The zero-order valence-corrected chi connectivity index (χ0v) is 11.9. The van der Waals surface area contributed by atoms with Gasteiger partial charge in [-0.25, -0.2) is 0 Å². The average Bonchev–Trinajstić information content (AvgIpc) is 3.06. The van der Waals surface area contributed by atoms with Crippen LogP contribution < -0.4 is 14.8 Å². The zero-order chi connectivity index (χ0) is 14.8. The normalized spacial score (nSPS) is 27.0. The van der Waals surface area contributed by atoms with Gasteiger partial charge in [-0.1, -0.05) is 6.07 Å². The molecular weight excluding hydrogens is 274 g/mol. The molecular formula is C15H19NO5. The number of hydrogen-bond donors (Lipinski definition) is 2. The number of aliphatic hydroxyl groups excluding tert-OH is 1. The smallest absolute Gasteiger partial charge is 0.221 e. The lowest BCUT2D eigenvalue weighted by Gasteiger charge is -2.16. The minimum atomic E-state index is -0.620. The summed E-state index contributed by atoms with van der Waals surface area (Å²) < 4.78 is 15.9. The van der Waals surface area contributed by atoms with Crippen LogP contribution in [0.5, 0.6) is 11.5 Å². The van der Waals surface area contributed by atoms with E-state index < -0.39 is 6.10 Å². The van der Waals surface area contributed by atoms with Crippen molar-refractivity contribution in [3.63, 3.8) is 0 Å². The van der Waals surface area contributed by atoms with E-state index in [0.29, 0.717) is 19.6 Å². The zero-order valence-electron chi connectivity index (χ0n) is 11.9. The van der Waals surface area contributed by atoms with Gasteiger partial charge in [-0.3, -0.25) is 4.79 Å². The Labute approximate surface area is 123 Å². The van der Waals surface area contributed by atoms with Gasteiger partial charge in [0.15, 0.2) is 0 Å². The Bertz CT molecular complexity index is 533. The minimum Gasteiger partial charge on any atom is -0.497 e. The lowest BCUT2D eigenvalue weighted by Crippen LogP contribution is -2.42. The Balaban J connectivity index is 1.61. The van der Waals surface area contributed by atoms with Gasteiger partial charge < -0.3 is 24.6 Å². The first-order valence-electron chi connectivity index (χ1n) is 7.03. The molecule has 0 bridgehead atoms. The number of carbonyl (C=O) groups is 1. The van der Waals surface area contributed by atoms with Crippen LogP contribution in [-0.4, -0.2) is 50.1 Å². The van der Waals surface area contributed by atoms with Crippen LogP contribution in [0.1, 0.15) is 17.9 Å². The molecule has 3 atom stereocenters. The highest BCUT2D eigenvalue weighted by atomic mass is 16.5. The number of carbonyl (C=O) groups excluding carboxylic acids is 1. The Morgan fingerprint density at radius 1 is 1.43 bits per heavy atom. The van der Waals surface area contributed by atoms with Crippen LogP contribution in [0.25, 0.3) is 0 Å². The number of amides is 1. The molecule has 2 aliphatic heterocycles. The Morgan fingerprint density at radius 3 is 3.00 bits per heavy atom. The molecule has 0 saturated carbocycles. The van der Waals surface area contributed by atoms with E-state index in [1.54, 1.807) is 7.11 Å². The number of methoxy groups -OCH3 is 1. The molecule has 2 aliphatic rings. The minimum absolute atomic E-state index is 0.0328. The van der Waals surface area contributed by atoms with E-state index in [0.717, 1.165) is 17.1 Å². The number of rotatable bonds is 4. The van der Waals surface area contributed by atoms with Crippen molar-refractivity contribution in [3.8, 4) is 11.5 Å². The molecule has 0 spiro atoms. The monoisotopic (exact) mass is 293 g/mol. The van der Waals surface area contributed by atoms with E-state index in [1.807, 2.05) is 18.2 Å². The van der Waals surface area contributed by atoms with Crippen LogP contribution in [0.15, 0.2) is 18.2 Å². The Kier molecular flexibility index (Phi) is 3.98. The molecule has 1 aromatic rings. The summed E-state index contributed by atoms with van der Waals surface area (Å²) in [7, 11) is 1.61. The molecule has 1 amide bonds. The van der Waals surface area contributed by atoms with Gasteiger partial charge in [0.05, 0.1) is 39.1 Å². The molecule has 2 heterocycles. The molecule has 6 nitrogen and oxygen atoms in total. The molecule has 0 radical (unpaired) electrons. The summed E-state index contributed by atoms with van der Waals surface area (Å²) in [5.74, 6) is 1.45. The number of ether oxygens (including phenoxy) is 3. The van der Waals surface area contributed by atoms with E-state index >= 15 is 0 Å². The fourth-order valence-electron chi connectivity index (χ4n) is 2.72. The predicted molar refractivity (Wildman–Crippen MR) is 74.6 cm³/mol. The van der Waals surface area contributed by atoms with Crippen LogP contribution in [0, 0.1) is 0 Å². The van der Waals surface area contributed by atoms with Gasteiger partial charge in [-0.05, 0) is 6.07 Å². The fraction of sp³-hybridized carbons (Fsp3) is 0.533. The molecule has 6 heteroatoms. The van der Waals surface area contributed by atoms with Gasteiger partial charge in [-0.15, -0.1) is 0 Å². The van der Waals surface area contributed by atoms with Gasteiger partial charge in [0.1, 0.15) is 11.5 Å². The quantitative estimate of drug-likeness (QED) is 0.842. The highest BCUT2D eigenvalue weighted by Crippen LogP contribution is 2.38. The maximum Gasteiger partial charge on any atom is 0.221 e. The molecule has 3 rings (SSSR count). The molecule has 114 valence electrons. The van der Waals surface area contributed by atoms with Crippen molar-refractivity contribution in [1.29, 1.82) is 0 Å². The molecule has 1 unspecified atom stereocenters. The molecule has 0 aliphatic carbocycles. The highest BCUT2D eigenvalue weighted by Gasteiger charge is 2.31. The molecule has 2 N–H and O–H groups in total. The third kappa shape index (κ3) is 2.96. The van der Waals surface area contributed by atoms with Crippen molar-refractivity contribution < 1.29 is 24.1 Å². The van der Waals surface area contributed by atoms with Crippen molar-refractivity contribution in [2.75, 3.05) is 26.9 Å². The SMILES string of the molecule is COc1ccc2c(c1)OCC2CC(=O)N[C@@H]1COC[C@H]1O. The van der Waals surface area contributed by atoms with Crippen LogP contribution in [-0.2, 0) is 9.53 Å². The first-order valence-corrected chi connectivity index (χ1v) is 7.03. The largest absolute Gasteiger partial charge is 0.497 e. The molecule has 21 heavy (non-hydrogen) atoms. The van der Waals surface area contributed by atoms with Crippen molar-refractivity contribution in [3.05, 3.63) is 23.8 Å². The van der Waals surface area contributed by atoms with Crippen molar-refractivity contribution in [1.82, 2.24) is 5.32 Å². The number of benzene rings is 1. The van der Waals surface area contributed by atoms with E-state index in [-0.39, 0.29) is 24.5 Å². The Hall–Kier alpha value is -1.79. The number of aliphatic hydroxyl groups is 1. The van der Waals surface area contributed by atoms with Crippen molar-refractivity contribution in [2.24, 2.45) is 0 Å². The second-order valence-electron chi connectivity index (χ2n) is 5.39. The summed E-state index contributed by atoms with van der Waals surface area (Å²) in [6, 6.07) is 5.33. The molecule has 1 saturated heterocycles. The number of nitrogens with one attached hydrogen (secondary N) is 1. The maximum atomic E-state index is 12.1. The summed E-state index contributed by atoms with van der Waals surface area (Å²) in [6.45, 7) is 1.13. The third-order valence-corrected chi connectivity index (χ3v) is 3.93. The first-order chi connectivity index (χ1) is 10.2. The lowest BCUT2D eigenvalue weighted by atomic mass is 9.97. The van der Waals surface area contributed by atoms with Crippen molar-refractivity contribution >= 4 is 5.91 Å². The number of hydrogen-bond acceptors (Lipinski definition) is 5. The van der Waals surface area contributed by atoms with Crippen LogP contribution >= 0.6 is 0 Å². The first kappa shape index (κ1) is 14.2. The lowest BCUT2D eigenvalue weighted by molar-refractivity contribution is -0.122. The summed E-state index contributed by atoms with van der Waals surface area (Å²) in [5, 5.41) is 12.5. The number of fused-ring (bicyclic) bond motifs is 1. The standard InChI is InChI=1S/C15H19NO5/c1-19-10-2-3-11-9(6-21-14(11)5-10)4-15(18)16-12-7-20-8-13(12)17/h2-3,5,9,12-13,17H,4,6-8H2,1H3,(H,16,18)/t9?,12-,13-/m1/s1. The molecule has 1 fully saturated rings. The molecule has 0 aromatic heterocycles. The summed E-state index contributed by atoms with van der Waals surface area (Å²) in [4.78, 5) is 12.1. The summed E-state index contributed by atoms with van der Waals surface area (Å²) in [5.41, 5.74) is 1.02. The van der Waals surface area contributed by atoms with Crippen LogP contribution in [0.2, 0.25) is 0 Å². The van der Waals surface area contributed by atoms with E-state index in [1.165, 1.54) is 0 Å². The Morgan fingerprint density at radius 2 is 2.29 bits per heavy atom. The van der Waals surface area contributed by atoms with Gasteiger partial charge in [0, 0.05) is 24.0 Å². The summed E-state index contributed by atoms with van der Waals surface area (Å²) >= 11 is 0. The van der Waals surface area contributed by atoms with Crippen molar-refractivity contribution in [2.45, 2.75) is 24.5 Å². The van der Waals surface area contributed by atoms with Gasteiger partial charge in [0.2, 0.25) is 5.91 Å². The van der Waals surface area contributed by atoms with Gasteiger partial charge in [0.25, 0.3) is 0 Å². The fourth-order valence-corrected chi connectivity index (χ4v) is 2.72. The van der Waals surface area contributed by atoms with Gasteiger partial charge >= 0.3 is 0 Å². The van der Waals surface area contributed by atoms with Gasteiger partial charge in [-0.2, -0.15) is 0 Å². The summed E-state index contributed by atoms with van der Waals surface area (Å²) in [6.07, 6.45) is -0.284. The van der Waals surface area contributed by atoms with E-state index in [4.69, 9.17) is 14.2 Å². The third-order valence-electron chi connectivity index (χ3n) is 3.93. The second kappa shape index (κ2) is 5.91. The molecule has 1 aromatic carbocycles. The highest BCUT2D eigenvalue weighted by molar-refractivity contribution is 5.77. The average molecular weight is 293 g/mol. The van der Waals surface area contributed by atoms with E-state index in [9.17, 15) is 9.90 Å².